The van der Waals surface area contributed by atoms with Crippen molar-refractivity contribution in [2.75, 3.05) is 31.1 Å². The number of hydrogen-bond acceptors (Lipinski definition) is 2. The fraction of sp³-hybridized carbons (Fsp3) is 0.318. The summed E-state index contributed by atoms with van der Waals surface area (Å²) in [5.74, 6) is -0.0110. The van der Waals surface area contributed by atoms with Crippen LogP contribution in [0.3, 0.4) is 0 Å². The third kappa shape index (κ3) is 3.82. The largest absolute Gasteiger partial charge is 0.368 e. The van der Waals surface area contributed by atoms with E-state index in [1.165, 1.54) is 28.6 Å². The van der Waals surface area contributed by atoms with Crippen LogP contribution >= 0.6 is 0 Å². The molecule has 1 amide bonds. The summed E-state index contributed by atoms with van der Waals surface area (Å²) < 4.78 is 15.2. The van der Waals surface area contributed by atoms with Crippen LogP contribution in [0.15, 0.2) is 54.7 Å². The summed E-state index contributed by atoms with van der Waals surface area (Å²) in [6.07, 6.45) is 3.36. The van der Waals surface area contributed by atoms with Crippen LogP contribution in [0.2, 0.25) is 0 Å². The van der Waals surface area contributed by atoms with Crippen molar-refractivity contribution >= 4 is 22.5 Å². The highest BCUT2D eigenvalue weighted by atomic mass is 19.1. The van der Waals surface area contributed by atoms with Crippen molar-refractivity contribution in [1.82, 2.24) is 9.47 Å². The number of carbonyl (C=O) groups excluding carboxylic acids is 1. The van der Waals surface area contributed by atoms with Gasteiger partial charge in [0, 0.05) is 57.0 Å². The number of nitrogens with zero attached hydrogens (tertiary/aromatic N) is 3. The van der Waals surface area contributed by atoms with E-state index in [2.05, 4.69) is 39.9 Å². The molecule has 27 heavy (non-hydrogen) atoms. The van der Waals surface area contributed by atoms with E-state index in [0.717, 1.165) is 25.2 Å². The molecule has 1 fully saturated rings. The Morgan fingerprint density at radius 2 is 1.74 bits per heavy atom. The Hall–Kier alpha value is -2.82. The minimum Gasteiger partial charge on any atom is -0.368 e. The van der Waals surface area contributed by atoms with Crippen molar-refractivity contribution in [2.24, 2.45) is 7.05 Å². The molecule has 1 aliphatic heterocycles. The maximum atomic E-state index is 13.1. The van der Waals surface area contributed by atoms with Gasteiger partial charge in [-0.3, -0.25) is 4.79 Å². The molecule has 0 spiro atoms. The summed E-state index contributed by atoms with van der Waals surface area (Å²) in [7, 11) is 2.04. The van der Waals surface area contributed by atoms with Gasteiger partial charge in [-0.15, -0.1) is 0 Å². The molecule has 3 aromatic rings. The molecule has 0 saturated carbocycles. The van der Waals surface area contributed by atoms with E-state index in [1.54, 1.807) is 12.1 Å². The Balaban J connectivity index is 1.30. The second-order valence-electron chi connectivity index (χ2n) is 7.16. The first kappa shape index (κ1) is 17.6. The van der Waals surface area contributed by atoms with Gasteiger partial charge in [0.2, 0.25) is 5.91 Å². The molecule has 4 nitrogen and oxygen atoms in total. The van der Waals surface area contributed by atoms with Crippen LogP contribution in [0, 0.1) is 5.82 Å². The van der Waals surface area contributed by atoms with Crippen LogP contribution < -0.4 is 4.90 Å². The van der Waals surface area contributed by atoms with E-state index < -0.39 is 0 Å². The summed E-state index contributed by atoms with van der Waals surface area (Å²) in [6, 6.07) is 15.1. The van der Waals surface area contributed by atoms with Gasteiger partial charge in [0.15, 0.2) is 0 Å². The molecule has 4 rings (SSSR count). The van der Waals surface area contributed by atoms with Gasteiger partial charge in [0.05, 0.1) is 0 Å². The normalized spacial score (nSPS) is 14.7. The minimum absolute atomic E-state index is 0.210. The molecule has 2 aromatic carbocycles. The van der Waals surface area contributed by atoms with Gasteiger partial charge in [-0.05, 0) is 59.8 Å². The minimum atomic E-state index is -0.221. The summed E-state index contributed by atoms with van der Waals surface area (Å²) >= 11 is 0. The van der Waals surface area contributed by atoms with E-state index in [1.807, 2.05) is 11.9 Å². The number of fused-ring (bicyclic) bond motifs is 1. The van der Waals surface area contributed by atoms with Crippen LogP contribution in [0.25, 0.3) is 10.9 Å². The molecular formula is C22H24FN3O. The number of hydrogen-bond donors (Lipinski definition) is 0. The molecule has 5 heteroatoms. The average Bonchev–Trinajstić information content (AvgIpc) is 3.07. The maximum Gasteiger partial charge on any atom is 0.223 e. The van der Waals surface area contributed by atoms with Crippen molar-refractivity contribution in [3.05, 3.63) is 66.1 Å². The highest BCUT2D eigenvalue weighted by molar-refractivity contribution is 5.81. The number of aryl methyl sites for hydroxylation is 2. The quantitative estimate of drug-likeness (QED) is 0.707. The van der Waals surface area contributed by atoms with E-state index in [4.69, 9.17) is 0 Å². The van der Waals surface area contributed by atoms with Gasteiger partial charge in [0.1, 0.15) is 5.82 Å². The first-order valence-corrected chi connectivity index (χ1v) is 9.42. The summed E-state index contributed by atoms with van der Waals surface area (Å²) in [4.78, 5) is 16.7. The van der Waals surface area contributed by atoms with Crippen LogP contribution in [0.1, 0.15) is 12.0 Å². The Morgan fingerprint density at radius 3 is 2.48 bits per heavy atom. The fourth-order valence-electron chi connectivity index (χ4n) is 3.76. The highest BCUT2D eigenvalue weighted by Crippen LogP contribution is 2.19. The summed E-state index contributed by atoms with van der Waals surface area (Å²) in [5.41, 5.74) is 3.42. The molecule has 0 bridgehead atoms. The lowest BCUT2D eigenvalue weighted by Gasteiger charge is -2.36. The molecule has 1 saturated heterocycles. The second kappa shape index (κ2) is 7.43. The number of benzene rings is 2. The second-order valence-corrected chi connectivity index (χ2v) is 7.16. The first-order valence-electron chi connectivity index (χ1n) is 9.42. The molecule has 0 unspecified atom stereocenters. The number of carbonyl (C=O) groups is 1. The zero-order valence-electron chi connectivity index (χ0n) is 15.6. The average molecular weight is 365 g/mol. The lowest BCUT2D eigenvalue weighted by Crippen LogP contribution is -2.48. The lowest BCUT2D eigenvalue weighted by atomic mass is 10.1. The Bertz CT molecular complexity index is 940. The molecule has 2 heterocycles. The third-order valence-electron chi connectivity index (χ3n) is 5.40. The molecule has 1 aromatic heterocycles. The van der Waals surface area contributed by atoms with Crippen molar-refractivity contribution in [3.8, 4) is 0 Å². The zero-order valence-corrected chi connectivity index (χ0v) is 15.6. The standard InChI is InChI=1S/C22H24FN3O/c1-24-11-10-18-16-17(2-8-21(18)24)3-9-22(27)26-14-12-25(13-15-26)20-6-4-19(23)5-7-20/h2,4-8,10-11,16H,3,9,12-15H2,1H3. The van der Waals surface area contributed by atoms with Crippen LogP contribution in [0.5, 0.6) is 0 Å². The molecule has 1 aliphatic rings. The predicted molar refractivity (Wildman–Crippen MR) is 106 cm³/mol. The van der Waals surface area contributed by atoms with Crippen LogP contribution in [-0.2, 0) is 18.3 Å². The number of piperazine rings is 1. The van der Waals surface area contributed by atoms with Gasteiger partial charge in [-0.25, -0.2) is 4.39 Å². The molecule has 0 atom stereocenters. The number of rotatable bonds is 4. The van der Waals surface area contributed by atoms with Crippen LogP contribution in [0.4, 0.5) is 10.1 Å². The molecule has 0 N–H and O–H groups in total. The SMILES string of the molecule is Cn1ccc2cc(CCC(=O)N3CCN(c4ccc(F)cc4)CC3)ccc21. The highest BCUT2D eigenvalue weighted by Gasteiger charge is 2.21. The Morgan fingerprint density at radius 1 is 1.00 bits per heavy atom. The maximum absolute atomic E-state index is 13.1. The van der Waals surface area contributed by atoms with E-state index in [0.29, 0.717) is 19.5 Å². The molecule has 0 radical (unpaired) electrons. The molecule has 0 aliphatic carbocycles. The van der Waals surface area contributed by atoms with Gasteiger partial charge in [-0.1, -0.05) is 6.07 Å². The lowest BCUT2D eigenvalue weighted by molar-refractivity contribution is -0.131. The number of amides is 1. The number of aromatic nitrogens is 1. The predicted octanol–water partition coefficient (Wildman–Crippen LogP) is 3.60. The van der Waals surface area contributed by atoms with E-state index in [-0.39, 0.29) is 11.7 Å². The Labute approximate surface area is 158 Å². The Kier molecular flexibility index (Phi) is 4.84. The van der Waals surface area contributed by atoms with Crippen molar-refractivity contribution < 1.29 is 9.18 Å². The number of halogens is 1. The molecular weight excluding hydrogens is 341 g/mol. The van der Waals surface area contributed by atoms with Crippen molar-refractivity contribution in [3.63, 3.8) is 0 Å². The van der Waals surface area contributed by atoms with Gasteiger partial charge in [0.25, 0.3) is 0 Å². The monoisotopic (exact) mass is 365 g/mol. The van der Waals surface area contributed by atoms with E-state index >= 15 is 0 Å². The van der Waals surface area contributed by atoms with Crippen LogP contribution in [-0.4, -0.2) is 41.6 Å². The number of anilines is 1. The topological polar surface area (TPSA) is 28.5 Å². The molecule has 140 valence electrons. The van der Waals surface area contributed by atoms with E-state index in [9.17, 15) is 9.18 Å². The van der Waals surface area contributed by atoms with Crippen molar-refractivity contribution in [2.45, 2.75) is 12.8 Å². The zero-order chi connectivity index (χ0) is 18.8. The third-order valence-corrected chi connectivity index (χ3v) is 5.40. The fourth-order valence-corrected chi connectivity index (χ4v) is 3.76. The van der Waals surface area contributed by atoms with Gasteiger partial charge >= 0.3 is 0 Å². The van der Waals surface area contributed by atoms with Gasteiger partial charge < -0.3 is 14.4 Å². The smallest absolute Gasteiger partial charge is 0.223 e. The van der Waals surface area contributed by atoms with Crippen molar-refractivity contribution in [1.29, 1.82) is 0 Å². The first-order chi connectivity index (χ1) is 13.1. The van der Waals surface area contributed by atoms with Gasteiger partial charge in [-0.2, -0.15) is 0 Å². The summed E-state index contributed by atoms with van der Waals surface area (Å²) in [5, 5.41) is 1.22. The summed E-state index contributed by atoms with van der Waals surface area (Å²) in [6.45, 7) is 3.00.